The Kier molecular flexibility index (Phi) is 26.3. The monoisotopic (exact) mass is 1020 g/mol. The van der Waals surface area contributed by atoms with Crippen molar-refractivity contribution in [3.63, 3.8) is 0 Å². The fourth-order valence-electron chi connectivity index (χ4n) is 9.89. The third-order valence-electron chi connectivity index (χ3n) is 14.1. The largest absolute Gasteiger partial charge is 0.462 e. The van der Waals surface area contributed by atoms with E-state index in [1.807, 2.05) is 58.1 Å². The summed E-state index contributed by atoms with van der Waals surface area (Å²) in [7, 11) is 6.28. The fourth-order valence-corrected chi connectivity index (χ4v) is 9.89. The highest BCUT2D eigenvalue weighted by Gasteiger charge is 2.33. The molecule has 0 aromatic rings. The van der Waals surface area contributed by atoms with Crippen LogP contribution in [0.25, 0.3) is 0 Å². The fraction of sp³-hybridized carbons (Fsp3) is 0.632. The van der Waals surface area contributed by atoms with Gasteiger partial charge in [0.25, 0.3) is 0 Å². The van der Waals surface area contributed by atoms with E-state index < -0.39 is 54.5 Å². The van der Waals surface area contributed by atoms with E-state index in [0.29, 0.717) is 69.8 Å². The van der Waals surface area contributed by atoms with Crippen LogP contribution >= 0.6 is 0 Å². The van der Waals surface area contributed by atoms with E-state index in [1.165, 1.54) is 26.4 Å². The highest BCUT2D eigenvalue weighted by Crippen LogP contribution is 2.32. The van der Waals surface area contributed by atoms with Gasteiger partial charge in [-0.15, -0.1) is 0 Å². The summed E-state index contributed by atoms with van der Waals surface area (Å²) in [6, 6.07) is 0. The summed E-state index contributed by atoms with van der Waals surface area (Å²) in [5.74, 6) is -2.33. The second kappa shape index (κ2) is 31.7. The normalized spacial score (nSPS) is 33.1. The number of allylic oxidation sites excluding steroid dienone is 6. The van der Waals surface area contributed by atoms with Crippen LogP contribution in [0.5, 0.6) is 0 Å². The van der Waals surface area contributed by atoms with Crippen molar-refractivity contribution in [3.8, 4) is 0 Å². The molecule has 0 aromatic heterocycles. The van der Waals surface area contributed by atoms with Crippen LogP contribution in [-0.4, -0.2) is 130 Å². The van der Waals surface area contributed by atoms with Crippen molar-refractivity contribution in [2.24, 2.45) is 23.7 Å². The van der Waals surface area contributed by atoms with E-state index in [0.717, 1.165) is 16.7 Å². The van der Waals surface area contributed by atoms with Crippen LogP contribution in [-0.2, 0) is 61.9 Å². The number of esters is 4. The molecule has 0 aromatic carbocycles. The summed E-state index contributed by atoms with van der Waals surface area (Å²) in [4.78, 5) is 64.1. The zero-order chi connectivity index (χ0) is 53.5. The lowest BCUT2D eigenvalue weighted by Crippen LogP contribution is -2.35. The molecule has 4 heterocycles. The van der Waals surface area contributed by atoms with Crippen LogP contribution in [0.3, 0.4) is 0 Å². The topological polar surface area (TPSA) is 212 Å². The number of carbonyl (C=O) groups is 5. The van der Waals surface area contributed by atoms with Crippen LogP contribution in [0.1, 0.15) is 118 Å². The van der Waals surface area contributed by atoms with Gasteiger partial charge in [-0.1, -0.05) is 85.6 Å². The maximum absolute atomic E-state index is 13.2. The maximum atomic E-state index is 13.2. The standard InChI is InChI=1S/C57H83NO15/c1-36-15-13-19-45(67-7)34-57(65)72-48(35-66-6)24-37(2)25-52-39(4)43(31-56(64)73-52)17-14-18-44(59)32-49(60)40(5)50(68-8)21-20-38(3)51(69-9)33-47-27-42(30-55(63)71-47)28-53(61)58-22-12-10-11-16-41-26-46(23-36)70-54(62)29-41/h10-15,18-19,22,25,30-31,38-41,44-52,59-60H,16-17,20-21,23-24,26-29,32-35H2,1-9H3,(H,58,61). The molecule has 0 aliphatic carbocycles. The van der Waals surface area contributed by atoms with Crippen molar-refractivity contribution >= 4 is 29.8 Å². The number of amides is 1. The Hall–Kier alpha value is -4.97. The van der Waals surface area contributed by atoms with Crippen LogP contribution < -0.4 is 5.32 Å². The first kappa shape index (κ1) is 60.6. The Morgan fingerprint density at radius 3 is 2.15 bits per heavy atom. The lowest BCUT2D eigenvalue weighted by molar-refractivity contribution is -0.156. The molecule has 406 valence electrons. The van der Waals surface area contributed by atoms with Gasteiger partial charge in [0.1, 0.15) is 24.4 Å². The van der Waals surface area contributed by atoms with Crippen molar-refractivity contribution < 1.29 is 72.1 Å². The number of rotatable bonds is 5. The molecule has 13 atom stereocenters. The minimum Gasteiger partial charge on any atom is -0.462 e. The molecule has 3 N–H and O–H groups in total. The molecule has 73 heavy (non-hydrogen) atoms. The van der Waals surface area contributed by atoms with E-state index >= 15 is 0 Å². The number of carbonyl (C=O) groups excluding carboxylic acids is 5. The van der Waals surface area contributed by atoms with Crippen LogP contribution in [0.15, 0.2) is 95.3 Å². The molecule has 1 saturated heterocycles. The van der Waals surface area contributed by atoms with Crippen molar-refractivity contribution in [3.05, 3.63) is 95.3 Å². The van der Waals surface area contributed by atoms with E-state index in [-0.39, 0.29) is 79.7 Å². The third-order valence-corrected chi connectivity index (χ3v) is 14.1. The number of hydrogen-bond acceptors (Lipinski definition) is 15. The molecule has 1 fully saturated rings. The maximum Gasteiger partial charge on any atom is 0.331 e. The number of aliphatic hydroxyl groups excluding tert-OH is 2. The summed E-state index contributed by atoms with van der Waals surface area (Å²) < 4.78 is 45.6. The summed E-state index contributed by atoms with van der Waals surface area (Å²) in [5.41, 5.74) is 3.32. The molecule has 4 aliphatic rings. The molecule has 13 unspecified atom stereocenters. The summed E-state index contributed by atoms with van der Waals surface area (Å²) in [6.45, 7) is 9.91. The van der Waals surface area contributed by atoms with Crippen molar-refractivity contribution in [1.29, 1.82) is 0 Å². The summed E-state index contributed by atoms with van der Waals surface area (Å²) >= 11 is 0. The first-order valence-corrected chi connectivity index (χ1v) is 25.8. The zero-order valence-electron chi connectivity index (χ0n) is 44.5. The average Bonchev–Trinajstić information content (AvgIpc) is 3.32. The minimum atomic E-state index is -0.951. The van der Waals surface area contributed by atoms with E-state index in [1.54, 1.807) is 44.7 Å². The summed E-state index contributed by atoms with van der Waals surface area (Å²) in [5, 5.41) is 25.0. The smallest absolute Gasteiger partial charge is 0.331 e. The highest BCUT2D eigenvalue weighted by atomic mass is 16.6. The first-order chi connectivity index (χ1) is 34.9. The van der Waals surface area contributed by atoms with Gasteiger partial charge in [-0.25, -0.2) is 9.59 Å². The number of cyclic esters (lactones) is 1. The van der Waals surface area contributed by atoms with Gasteiger partial charge >= 0.3 is 23.9 Å². The number of methoxy groups -OCH3 is 4. The zero-order valence-corrected chi connectivity index (χ0v) is 44.5. The van der Waals surface area contributed by atoms with Crippen molar-refractivity contribution in [2.45, 2.75) is 173 Å². The predicted molar refractivity (Wildman–Crippen MR) is 275 cm³/mol. The average molecular weight is 1020 g/mol. The third kappa shape index (κ3) is 21.8. The number of aliphatic hydroxyl groups is 2. The number of hydrogen-bond donors (Lipinski definition) is 3. The van der Waals surface area contributed by atoms with E-state index in [9.17, 15) is 34.2 Å². The number of nitrogens with one attached hydrogen (secondary N) is 1. The Morgan fingerprint density at radius 2 is 1.42 bits per heavy atom. The second-order valence-electron chi connectivity index (χ2n) is 20.2. The minimum absolute atomic E-state index is 0.0330. The van der Waals surface area contributed by atoms with Gasteiger partial charge in [-0.05, 0) is 69.9 Å². The lowest BCUT2D eigenvalue weighted by atomic mass is 9.86. The van der Waals surface area contributed by atoms with Gasteiger partial charge in [-0.3, -0.25) is 14.4 Å². The Morgan fingerprint density at radius 1 is 0.699 bits per heavy atom. The molecule has 6 bridgehead atoms. The van der Waals surface area contributed by atoms with Gasteiger partial charge in [0.05, 0.1) is 43.5 Å². The molecule has 0 saturated carbocycles. The van der Waals surface area contributed by atoms with Crippen LogP contribution in [0, 0.1) is 23.7 Å². The summed E-state index contributed by atoms with van der Waals surface area (Å²) in [6.07, 6.45) is 21.0. The molecule has 16 nitrogen and oxygen atoms in total. The molecular formula is C57H83NO15. The molecule has 0 radical (unpaired) electrons. The molecule has 0 spiro atoms. The van der Waals surface area contributed by atoms with Gasteiger partial charge < -0.3 is 53.4 Å². The molecular weight excluding hydrogens is 939 g/mol. The van der Waals surface area contributed by atoms with Crippen LogP contribution in [0.2, 0.25) is 0 Å². The molecule has 4 rings (SSSR count). The Bertz CT molecular complexity index is 2070. The second-order valence-corrected chi connectivity index (χ2v) is 20.2. The van der Waals surface area contributed by atoms with E-state index in [4.69, 9.17) is 37.9 Å². The SMILES string of the molecule is COCC1CC(C)=CC2OC(=O)C=C(CC=CC(O)CC(O)C(C)C(OC)CCC(C)C(OC)CC3CC(=CC(=O)O3)CC(=O)NC=CC=CCC3CC(=O)OC(CC(C)=CC=CC(OC)CC(=O)O1)C3)C2C. The molecule has 1 amide bonds. The Balaban J connectivity index is 1.48. The molecule has 16 heteroatoms. The Labute approximate surface area is 432 Å². The van der Waals surface area contributed by atoms with Gasteiger partial charge in [0.2, 0.25) is 5.91 Å². The van der Waals surface area contributed by atoms with Gasteiger partial charge in [0, 0.05) is 104 Å². The van der Waals surface area contributed by atoms with Crippen molar-refractivity contribution in [1.82, 2.24) is 5.32 Å². The first-order valence-electron chi connectivity index (χ1n) is 25.8. The number of fused-ring (bicyclic) bond motifs is 6. The number of ether oxygens (including phenoxy) is 8. The lowest BCUT2D eigenvalue weighted by Gasteiger charge is -2.31. The quantitative estimate of drug-likeness (QED) is 0.137. The highest BCUT2D eigenvalue weighted by molar-refractivity contribution is 5.87. The van der Waals surface area contributed by atoms with Gasteiger partial charge in [0.15, 0.2) is 0 Å². The van der Waals surface area contributed by atoms with E-state index in [2.05, 4.69) is 12.2 Å². The van der Waals surface area contributed by atoms with Crippen LogP contribution in [0.4, 0.5) is 0 Å². The van der Waals surface area contributed by atoms with Crippen molar-refractivity contribution in [2.75, 3.05) is 35.0 Å². The van der Waals surface area contributed by atoms with Gasteiger partial charge in [-0.2, -0.15) is 0 Å². The molecule has 4 aliphatic heterocycles. The predicted octanol–water partition coefficient (Wildman–Crippen LogP) is 7.74.